The van der Waals surface area contributed by atoms with Crippen LogP contribution in [0.5, 0.6) is 0 Å². The van der Waals surface area contributed by atoms with Gasteiger partial charge in [0.15, 0.2) is 0 Å². The standard InChI is InChI=1S/C15H21N3O/c1-19-15-6-7-18(14(8-15)10-17)11-13-4-2-12(9-16)3-5-13/h2-5,14-15H,6-8,10-11,17H2,1H3. The maximum Gasteiger partial charge on any atom is 0.0991 e. The number of methoxy groups -OCH3 is 1. The smallest absolute Gasteiger partial charge is 0.0991 e. The van der Waals surface area contributed by atoms with Crippen LogP contribution in [-0.2, 0) is 11.3 Å². The summed E-state index contributed by atoms with van der Waals surface area (Å²) in [4.78, 5) is 2.41. The number of piperidine rings is 1. The van der Waals surface area contributed by atoms with Crippen LogP contribution in [0.2, 0.25) is 0 Å². The van der Waals surface area contributed by atoms with Crippen molar-refractivity contribution in [2.24, 2.45) is 5.73 Å². The summed E-state index contributed by atoms with van der Waals surface area (Å²) >= 11 is 0. The van der Waals surface area contributed by atoms with E-state index in [1.807, 2.05) is 24.3 Å². The molecule has 19 heavy (non-hydrogen) atoms. The molecule has 0 bridgehead atoms. The van der Waals surface area contributed by atoms with E-state index in [-0.39, 0.29) is 0 Å². The molecule has 2 rings (SSSR count). The van der Waals surface area contributed by atoms with Gasteiger partial charge in [-0.15, -0.1) is 0 Å². The zero-order chi connectivity index (χ0) is 13.7. The fourth-order valence-corrected chi connectivity index (χ4v) is 2.65. The van der Waals surface area contributed by atoms with E-state index < -0.39 is 0 Å². The molecular formula is C15H21N3O. The van der Waals surface area contributed by atoms with Crippen molar-refractivity contribution in [3.8, 4) is 6.07 Å². The SMILES string of the molecule is COC1CCN(Cc2ccc(C#N)cc2)C(CN)C1. The first kappa shape index (κ1) is 14.0. The van der Waals surface area contributed by atoms with Gasteiger partial charge in [0.25, 0.3) is 0 Å². The highest BCUT2D eigenvalue weighted by Crippen LogP contribution is 2.21. The largest absolute Gasteiger partial charge is 0.381 e. The quantitative estimate of drug-likeness (QED) is 0.890. The van der Waals surface area contributed by atoms with Gasteiger partial charge in [0, 0.05) is 32.8 Å². The minimum absolute atomic E-state index is 0.339. The van der Waals surface area contributed by atoms with Crippen LogP contribution in [0.25, 0.3) is 0 Å². The van der Waals surface area contributed by atoms with Gasteiger partial charge in [0.2, 0.25) is 0 Å². The molecule has 4 nitrogen and oxygen atoms in total. The monoisotopic (exact) mass is 259 g/mol. The summed E-state index contributed by atoms with van der Waals surface area (Å²) in [5, 5.41) is 8.80. The second-order valence-electron chi connectivity index (χ2n) is 5.05. The molecule has 1 fully saturated rings. The minimum Gasteiger partial charge on any atom is -0.381 e. The molecule has 2 unspecified atom stereocenters. The first-order chi connectivity index (χ1) is 9.26. The van der Waals surface area contributed by atoms with Crippen molar-refractivity contribution in [3.63, 3.8) is 0 Å². The molecule has 0 saturated carbocycles. The molecule has 4 heteroatoms. The summed E-state index contributed by atoms with van der Waals surface area (Å²) in [7, 11) is 1.77. The molecule has 1 aromatic carbocycles. The summed E-state index contributed by atoms with van der Waals surface area (Å²) in [6.45, 7) is 2.57. The van der Waals surface area contributed by atoms with E-state index in [1.165, 1.54) is 5.56 Å². The number of ether oxygens (including phenoxy) is 1. The van der Waals surface area contributed by atoms with E-state index in [0.29, 0.717) is 24.3 Å². The lowest BCUT2D eigenvalue weighted by Crippen LogP contribution is -2.47. The van der Waals surface area contributed by atoms with Gasteiger partial charge >= 0.3 is 0 Å². The van der Waals surface area contributed by atoms with E-state index in [0.717, 1.165) is 25.9 Å². The van der Waals surface area contributed by atoms with Gasteiger partial charge in [-0.2, -0.15) is 5.26 Å². The molecule has 0 aromatic heterocycles. The molecule has 1 aliphatic rings. The number of hydrogen-bond donors (Lipinski definition) is 1. The average molecular weight is 259 g/mol. The van der Waals surface area contributed by atoms with Gasteiger partial charge < -0.3 is 10.5 Å². The highest BCUT2D eigenvalue weighted by molar-refractivity contribution is 5.31. The lowest BCUT2D eigenvalue weighted by Gasteiger charge is -2.38. The fourth-order valence-electron chi connectivity index (χ4n) is 2.65. The van der Waals surface area contributed by atoms with Crippen molar-refractivity contribution >= 4 is 0 Å². The van der Waals surface area contributed by atoms with Crippen molar-refractivity contribution in [2.45, 2.75) is 31.5 Å². The van der Waals surface area contributed by atoms with Crippen LogP contribution in [0.15, 0.2) is 24.3 Å². The van der Waals surface area contributed by atoms with Crippen molar-refractivity contribution in [1.29, 1.82) is 5.26 Å². The lowest BCUT2D eigenvalue weighted by molar-refractivity contribution is 0.0102. The number of likely N-dealkylation sites (tertiary alicyclic amines) is 1. The Morgan fingerprint density at radius 1 is 1.42 bits per heavy atom. The van der Waals surface area contributed by atoms with Crippen LogP contribution in [0.4, 0.5) is 0 Å². The summed E-state index contributed by atoms with van der Waals surface area (Å²) in [6.07, 6.45) is 2.40. The van der Waals surface area contributed by atoms with Gasteiger partial charge in [-0.1, -0.05) is 12.1 Å². The Balaban J connectivity index is 1.99. The summed E-state index contributed by atoms with van der Waals surface area (Å²) in [5.41, 5.74) is 7.81. The predicted octanol–water partition coefficient (Wildman–Crippen LogP) is 1.50. The molecule has 0 spiro atoms. The minimum atomic E-state index is 0.339. The highest BCUT2D eigenvalue weighted by atomic mass is 16.5. The van der Waals surface area contributed by atoms with Crippen LogP contribution in [0.3, 0.4) is 0 Å². The molecule has 1 saturated heterocycles. The first-order valence-electron chi connectivity index (χ1n) is 6.72. The Labute approximate surface area is 114 Å². The summed E-state index contributed by atoms with van der Waals surface area (Å²) < 4.78 is 5.43. The van der Waals surface area contributed by atoms with Gasteiger partial charge in [0.05, 0.1) is 17.7 Å². The molecule has 2 N–H and O–H groups in total. The van der Waals surface area contributed by atoms with E-state index >= 15 is 0 Å². The van der Waals surface area contributed by atoms with Gasteiger partial charge in [-0.25, -0.2) is 0 Å². The van der Waals surface area contributed by atoms with Crippen LogP contribution < -0.4 is 5.73 Å². The van der Waals surface area contributed by atoms with Crippen LogP contribution in [0.1, 0.15) is 24.0 Å². The Bertz CT molecular complexity index is 438. The maximum absolute atomic E-state index is 8.80. The molecule has 1 aliphatic heterocycles. The number of hydrogen-bond acceptors (Lipinski definition) is 4. The third-order valence-electron chi connectivity index (χ3n) is 3.86. The molecule has 0 aliphatic carbocycles. The van der Waals surface area contributed by atoms with Crippen LogP contribution >= 0.6 is 0 Å². The van der Waals surface area contributed by atoms with E-state index in [1.54, 1.807) is 7.11 Å². The molecule has 0 radical (unpaired) electrons. The van der Waals surface area contributed by atoms with Gasteiger partial charge in [-0.3, -0.25) is 4.90 Å². The summed E-state index contributed by atoms with van der Waals surface area (Å²) in [6, 6.07) is 10.3. The van der Waals surface area contributed by atoms with Crippen LogP contribution in [-0.4, -0.2) is 37.2 Å². The Morgan fingerprint density at radius 3 is 2.74 bits per heavy atom. The molecule has 2 atom stereocenters. The highest BCUT2D eigenvalue weighted by Gasteiger charge is 2.27. The normalized spacial score (nSPS) is 24.1. The Kier molecular flexibility index (Phi) is 4.92. The van der Waals surface area contributed by atoms with Crippen LogP contribution in [0, 0.1) is 11.3 Å². The van der Waals surface area contributed by atoms with Crippen molar-refractivity contribution < 1.29 is 4.74 Å². The third-order valence-corrected chi connectivity index (χ3v) is 3.86. The van der Waals surface area contributed by atoms with Crippen molar-refractivity contribution in [3.05, 3.63) is 35.4 Å². The van der Waals surface area contributed by atoms with E-state index in [9.17, 15) is 0 Å². The topological polar surface area (TPSA) is 62.3 Å². The number of nitriles is 1. The number of rotatable bonds is 4. The first-order valence-corrected chi connectivity index (χ1v) is 6.72. The zero-order valence-electron chi connectivity index (χ0n) is 11.4. The molecule has 102 valence electrons. The average Bonchev–Trinajstić information content (AvgIpc) is 2.48. The molecule has 1 heterocycles. The van der Waals surface area contributed by atoms with Crippen molar-refractivity contribution in [2.75, 3.05) is 20.2 Å². The number of benzene rings is 1. The number of nitrogens with two attached hydrogens (primary N) is 1. The van der Waals surface area contributed by atoms with Gasteiger partial charge in [0.1, 0.15) is 0 Å². The predicted molar refractivity (Wildman–Crippen MR) is 74.4 cm³/mol. The molecular weight excluding hydrogens is 238 g/mol. The second-order valence-corrected chi connectivity index (χ2v) is 5.05. The molecule has 0 amide bonds. The van der Waals surface area contributed by atoms with E-state index in [4.69, 9.17) is 15.7 Å². The fraction of sp³-hybridized carbons (Fsp3) is 0.533. The maximum atomic E-state index is 8.80. The van der Waals surface area contributed by atoms with Gasteiger partial charge in [-0.05, 0) is 30.5 Å². The molecule has 1 aromatic rings. The van der Waals surface area contributed by atoms with Crippen molar-refractivity contribution in [1.82, 2.24) is 4.90 Å². The second kappa shape index (κ2) is 6.67. The zero-order valence-corrected chi connectivity index (χ0v) is 11.4. The lowest BCUT2D eigenvalue weighted by atomic mass is 9.98. The Hall–Kier alpha value is -1.41. The Morgan fingerprint density at radius 2 is 2.16 bits per heavy atom. The van der Waals surface area contributed by atoms with E-state index in [2.05, 4.69) is 11.0 Å². The third kappa shape index (κ3) is 3.54. The number of nitrogens with zero attached hydrogens (tertiary/aromatic N) is 2. The summed E-state index contributed by atoms with van der Waals surface area (Å²) in [5.74, 6) is 0.